The highest BCUT2D eigenvalue weighted by atomic mass is 79.9. The summed E-state index contributed by atoms with van der Waals surface area (Å²) in [6.07, 6.45) is 6.08. The summed E-state index contributed by atoms with van der Waals surface area (Å²) in [6.45, 7) is 1.96. The number of hydrogen-bond acceptors (Lipinski definition) is 2. The fourth-order valence-corrected chi connectivity index (χ4v) is 2.28. The number of halogens is 1. The second-order valence-corrected chi connectivity index (χ2v) is 5.05. The van der Waals surface area contributed by atoms with E-state index in [9.17, 15) is 4.79 Å². The van der Waals surface area contributed by atoms with Gasteiger partial charge in [-0.05, 0) is 47.3 Å². The lowest BCUT2D eigenvalue weighted by Gasteiger charge is -2.10. The molecule has 0 atom stereocenters. The summed E-state index contributed by atoms with van der Waals surface area (Å²) in [5.74, 6) is 0.338. The molecule has 0 aliphatic heterocycles. The molecule has 1 fully saturated rings. The van der Waals surface area contributed by atoms with Crippen molar-refractivity contribution < 1.29 is 4.79 Å². The van der Waals surface area contributed by atoms with Crippen LogP contribution in [0.25, 0.3) is 0 Å². The van der Waals surface area contributed by atoms with Crippen LogP contribution in [0.1, 0.15) is 31.2 Å². The van der Waals surface area contributed by atoms with Gasteiger partial charge in [-0.1, -0.05) is 12.8 Å². The highest BCUT2D eigenvalue weighted by Crippen LogP contribution is 2.26. The SMILES string of the molecule is Cc1cc(NC(=O)C2CCCC2)cnc1Br. The molecular weight excluding hydrogens is 268 g/mol. The predicted octanol–water partition coefficient (Wildman–Crippen LogP) is 3.28. The number of pyridine rings is 1. The van der Waals surface area contributed by atoms with Crippen molar-refractivity contribution in [3.05, 3.63) is 22.4 Å². The van der Waals surface area contributed by atoms with Gasteiger partial charge in [0.2, 0.25) is 5.91 Å². The molecule has 1 aromatic heterocycles. The van der Waals surface area contributed by atoms with Crippen molar-refractivity contribution in [2.45, 2.75) is 32.6 Å². The average molecular weight is 283 g/mol. The topological polar surface area (TPSA) is 42.0 Å². The summed E-state index contributed by atoms with van der Waals surface area (Å²) in [4.78, 5) is 16.0. The van der Waals surface area contributed by atoms with Crippen LogP contribution in [-0.2, 0) is 4.79 Å². The lowest BCUT2D eigenvalue weighted by atomic mass is 10.1. The van der Waals surface area contributed by atoms with Crippen LogP contribution in [0.5, 0.6) is 0 Å². The number of carbonyl (C=O) groups excluding carboxylic acids is 1. The van der Waals surface area contributed by atoms with Crippen molar-refractivity contribution in [2.24, 2.45) is 5.92 Å². The molecule has 0 spiro atoms. The van der Waals surface area contributed by atoms with Crippen LogP contribution in [0, 0.1) is 12.8 Å². The standard InChI is InChI=1S/C12H15BrN2O/c1-8-6-10(7-14-11(8)13)15-12(16)9-4-2-3-5-9/h6-7,9H,2-5H2,1H3,(H,15,16). The zero-order valence-electron chi connectivity index (χ0n) is 9.29. The van der Waals surface area contributed by atoms with Gasteiger partial charge in [0.1, 0.15) is 4.60 Å². The largest absolute Gasteiger partial charge is 0.324 e. The van der Waals surface area contributed by atoms with E-state index in [1.165, 1.54) is 12.8 Å². The molecule has 0 saturated heterocycles. The van der Waals surface area contributed by atoms with E-state index in [-0.39, 0.29) is 11.8 Å². The number of nitrogens with one attached hydrogen (secondary N) is 1. The number of aryl methyl sites for hydroxylation is 1. The third-order valence-electron chi connectivity index (χ3n) is 3.01. The fraction of sp³-hybridized carbons (Fsp3) is 0.500. The van der Waals surface area contributed by atoms with E-state index >= 15 is 0 Å². The van der Waals surface area contributed by atoms with Crippen molar-refractivity contribution in [2.75, 3.05) is 5.32 Å². The highest BCUT2D eigenvalue weighted by Gasteiger charge is 2.22. The molecule has 1 amide bonds. The number of aromatic nitrogens is 1. The van der Waals surface area contributed by atoms with Gasteiger partial charge in [-0.15, -0.1) is 0 Å². The van der Waals surface area contributed by atoms with Gasteiger partial charge in [0, 0.05) is 5.92 Å². The molecule has 1 aromatic rings. The van der Waals surface area contributed by atoms with Crippen molar-refractivity contribution in [1.29, 1.82) is 0 Å². The van der Waals surface area contributed by atoms with Crippen LogP contribution in [0.4, 0.5) is 5.69 Å². The Kier molecular flexibility index (Phi) is 3.59. The van der Waals surface area contributed by atoms with Crippen LogP contribution in [0.15, 0.2) is 16.9 Å². The minimum absolute atomic E-state index is 0.140. The van der Waals surface area contributed by atoms with Gasteiger partial charge in [-0.25, -0.2) is 4.98 Å². The number of hydrogen-bond donors (Lipinski definition) is 1. The summed E-state index contributed by atoms with van der Waals surface area (Å²) in [5.41, 5.74) is 1.82. The summed E-state index contributed by atoms with van der Waals surface area (Å²) in [6, 6.07) is 1.93. The van der Waals surface area contributed by atoms with E-state index in [4.69, 9.17) is 0 Å². The number of amides is 1. The van der Waals surface area contributed by atoms with E-state index in [2.05, 4.69) is 26.2 Å². The van der Waals surface area contributed by atoms with Crippen LogP contribution < -0.4 is 5.32 Å². The molecule has 0 aromatic carbocycles. The van der Waals surface area contributed by atoms with Crippen molar-refractivity contribution in [3.8, 4) is 0 Å². The van der Waals surface area contributed by atoms with Crippen LogP contribution in [-0.4, -0.2) is 10.9 Å². The zero-order valence-corrected chi connectivity index (χ0v) is 10.9. The van der Waals surface area contributed by atoms with Gasteiger partial charge in [0.05, 0.1) is 11.9 Å². The summed E-state index contributed by atoms with van der Waals surface area (Å²) < 4.78 is 0.825. The molecule has 2 rings (SSSR count). The summed E-state index contributed by atoms with van der Waals surface area (Å²) in [5, 5.41) is 2.93. The van der Waals surface area contributed by atoms with Gasteiger partial charge in [-0.2, -0.15) is 0 Å². The molecule has 1 heterocycles. The Balaban J connectivity index is 2.02. The maximum Gasteiger partial charge on any atom is 0.227 e. The molecule has 1 saturated carbocycles. The fourth-order valence-electron chi connectivity index (χ4n) is 2.06. The van der Waals surface area contributed by atoms with Crippen LogP contribution in [0.3, 0.4) is 0 Å². The molecule has 16 heavy (non-hydrogen) atoms. The smallest absolute Gasteiger partial charge is 0.227 e. The minimum atomic E-state index is 0.140. The Hall–Kier alpha value is -0.900. The minimum Gasteiger partial charge on any atom is -0.324 e. The van der Waals surface area contributed by atoms with E-state index in [0.29, 0.717) is 0 Å². The highest BCUT2D eigenvalue weighted by molar-refractivity contribution is 9.10. The number of anilines is 1. The zero-order chi connectivity index (χ0) is 11.5. The normalized spacial score (nSPS) is 16.4. The number of carbonyl (C=O) groups is 1. The molecule has 1 aliphatic rings. The Morgan fingerprint density at radius 2 is 2.19 bits per heavy atom. The van der Waals surface area contributed by atoms with Gasteiger partial charge >= 0.3 is 0 Å². The van der Waals surface area contributed by atoms with Gasteiger partial charge < -0.3 is 5.32 Å². The molecule has 1 aliphatic carbocycles. The van der Waals surface area contributed by atoms with Crippen molar-refractivity contribution in [1.82, 2.24) is 4.98 Å². The van der Waals surface area contributed by atoms with E-state index in [1.54, 1.807) is 6.20 Å². The Morgan fingerprint density at radius 3 is 2.81 bits per heavy atom. The quantitative estimate of drug-likeness (QED) is 0.846. The summed E-state index contributed by atoms with van der Waals surface area (Å²) in [7, 11) is 0. The van der Waals surface area contributed by atoms with E-state index < -0.39 is 0 Å². The average Bonchev–Trinajstić information content (AvgIpc) is 2.77. The molecule has 0 unspecified atom stereocenters. The third-order valence-corrected chi connectivity index (χ3v) is 3.84. The molecule has 0 radical (unpaired) electrons. The molecule has 1 N–H and O–H groups in total. The van der Waals surface area contributed by atoms with Crippen molar-refractivity contribution in [3.63, 3.8) is 0 Å². The maximum absolute atomic E-state index is 11.9. The molecular formula is C12H15BrN2O. The van der Waals surface area contributed by atoms with Gasteiger partial charge in [-0.3, -0.25) is 4.79 Å². The van der Waals surface area contributed by atoms with E-state index in [0.717, 1.165) is 28.7 Å². The number of rotatable bonds is 2. The first-order chi connectivity index (χ1) is 7.66. The monoisotopic (exact) mass is 282 g/mol. The first-order valence-electron chi connectivity index (χ1n) is 5.60. The van der Waals surface area contributed by atoms with E-state index in [1.807, 2.05) is 13.0 Å². The maximum atomic E-state index is 11.9. The second-order valence-electron chi connectivity index (χ2n) is 4.30. The predicted molar refractivity (Wildman–Crippen MR) is 67.3 cm³/mol. The molecule has 86 valence electrons. The third kappa shape index (κ3) is 2.61. The molecule has 0 bridgehead atoms. The van der Waals surface area contributed by atoms with Crippen LogP contribution >= 0.6 is 15.9 Å². The Bertz CT molecular complexity index is 400. The second kappa shape index (κ2) is 4.95. The molecule has 4 heteroatoms. The van der Waals surface area contributed by atoms with Gasteiger partial charge in [0.25, 0.3) is 0 Å². The first kappa shape index (κ1) is 11.6. The van der Waals surface area contributed by atoms with Gasteiger partial charge in [0.15, 0.2) is 0 Å². The Labute approximate surface area is 104 Å². The Morgan fingerprint density at radius 1 is 1.50 bits per heavy atom. The molecule has 3 nitrogen and oxygen atoms in total. The lowest BCUT2D eigenvalue weighted by Crippen LogP contribution is -2.20. The van der Waals surface area contributed by atoms with Crippen LogP contribution in [0.2, 0.25) is 0 Å². The first-order valence-corrected chi connectivity index (χ1v) is 6.39. The number of nitrogens with zero attached hydrogens (tertiary/aromatic N) is 1. The summed E-state index contributed by atoms with van der Waals surface area (Å²) >= 11 is 3.34. The lowest BCUT2D eigenvalue weighted by molar-refractivity contribution is -0.119. The van der Waals surface area contributed by atoms with Crippen molar-refractivity contribution >= 4 is 27.5 Å².